The molecule has 0 atom stereocenters. The number of nitrogens with zero attached hydrogens (tertiary/aromatic N) is 2. The van der Waals surface area contributed by atoms with Crippen LogP contribution in [0.25, 0.3) is 0 Å². The number of aromatic nitrogens is 4. The molecule has 0 aliphatic heterocycles. The fourth-order valence-electron chi connectivity index (χ4n) is 1.26. The van der Waals surface area contributed by atoms with E-state index < -0.39 is 5.91 Å². The molecule has 94 valence electrons. The Kier molecular flexibility index (Phi) is 3.37. The summed E-state index contributed by atoms with van der Waals surface area (Å²) in [6.07, 6.45) is 1.39. The van der Waals surface area contributed by atoms with Gasteiger partial charge in [0.2, 0.25) is 11.5 Å². The predicted molar refractivity (Wildman–Crippen MR) is 62.6 cm³/mol. The molecule has 0 bridgehead atoms. The molecule has 1 amide bonds. The number of ether oxygens (including phenoxy) is 1. The van der Waals surface area contributed by atoms with Gasteiger partial charge in [-0.1, -0.05) is 0 Å². The Balaban J connectivity index is 2.08. The number of anilines is 1. The first-order chi connectivity index (χ1) is 8.69. The van der Waals surface area contributed by atoms with Crippen LogP contribution in [0, 0.1) is 0 Å². The Hall–Kier alpha value is -2.64. The molecule has 0 saturated heterocycles. The summed E-state index contributed by atoms with van der Waals surface area (Å²) in [6.45, 7) is 2.23. The van der Waals surface area contributed by atoms with E-state index in [0.29, 0.717) is 6.61 Å². The van der Waals surface area contributed by atoms with Crippen molar-refractivity contribution < 1.29 is 9.53 Å². The lowest BCUT2D eigenvalue weighted by atomic mass is 10.2. The van der Waals surface area contributed by atoms with Crippen molar-refractivity contribution in [2.75, 3.05) is 11.9 Å². The van der Waals surface area contributed by atoms with E-state index >= 15 is 0 Å². The molecule has 0 unspecified atom stereocenters. The number of nitrogens with one attached hydrogen (secondary N) is 3. The summed E-state index contributed by atoms with van der Waals surface area (Å²) in [5.41, 5.74) is -0.122. The van der Waals surface area contributed by atoms with Gasteiger partial charge in [-0.25, -0.2) is 5.10 Å². The van der Waals surface area contributed by atoms with Gasteiger partial charge in [-0.2, -0.15) is 4.98 Å². The number of rotatable bonds is 4. The quantitative estimate of drug-likeness (QED) is 0.713. The monoisotopic (exact) mass is 249 g/mol. The van der Waals surface area contributed by atoms with Gasteiger partial charge in [0.15, 0.2) is 0 Å². The molecular formula is C10H11N5O3. The van der Waals surface area contributed by atoms with Crippen molar-refractivity contribution in [2.45, 2.75) is 6.92 Å². The molecule has 8 heteroatoms. The summed E-state index contributed by atoms with van der Waals surface area (Å²) in [5, 5.41) is 8.69. The van der Waals surface area contributed by atoms with Crippen LogP contribution in [0.5, 0.6) is 6.01 Å². The number of aromatic amines is 2. The lowest BCUT2D eigenvalue weighted by Crippen LogP contribution is -2.16. The van der Waals surface area contributed by atoms with Crippen molar-refractivity contribution in [1.29, 1.82) is 0 Å². The lowest BCUT2D eigenvalue weighted by molar-refractivity contribution is 0.102. The smallest absolute Gasteiger partial charge is 0.337 e. The van der Waals surface area contributed by atoms with Crippen LogP contribution in [-0.4, -0.2) is 32.7 Å². The maximum atomic E-state index is 11.7. The van der Waals surface area contributed by atoms with Crippen LogP contribution in [0.2, 0.25) is 0 Å². The molecule has 3 N–H and O–H groups in total. The summed E-state index contributed by atoms with van der Waals surface area (Å²) < 4.78 is 5.03. The minimum atomic E-state index is -0.458. The molecule has 2 aromatic rings. The zero-order valence-corrected chi connectivity index (χ0v) is 9.56. The second-order valence-corrected chi connectivity index (χ2v) is 3.30. The fraction of sp³-hybridized carbons (Fsp3) is 0.200. The minimum absolute atomic E-state index is 0.152. The van der Waals surface area contributed by atoms with E-state index in [1.807, 2.05) is 0 Å². The summed E-state index contributed by atoms with van der Waals surface area (Å²) in [7, 11) is 0. The highest BCUT2D eigenvalue weighted by molar-refractivity contribution is 6.03. The van der Waals surface area contributed by atoms with Gasteiger partial charge in [-0.15, -0.1) is 5.10 Å². The molecular weight excluding hydrogens is 238 g/mol. The lowest BCUT2D eigenvalue weighted by Gasteiger charge is -1.99. The van der Waals surface area contributed by atoms with E-state index in [1.165, 1.54) is 18.3 Å². The van der Waals surface area contributed by atoms with Crippen molar-refractivity contribution in [3.8, 4) is 6.01 Å². The molecule has 0 radical (unpaired) electrons. The first kappa shape index (κ1) is 11.8. The van der Waals surface area contributed by atoms with Crippen LogP contribution in [0.15, 0.2) is 23.1 Å². The van der Waals surface area contributed by atoms with Crippen LogP contribution in [0.1, 0.15) is 17.3 Å². The summed E-state index contributed by atoms with van der Waals surface area (Å²) >= 11 is 0. The molecule has 0 saturated carbocycles. The highest BCUT2D eigenvalue weighted by atomic mass is 16.5. The summed E-state index contributed by atoms with van der Waals surface area (Å²) in [4.78, 5) is 29.1. The topological polar surface area (TPSA) is 113 Å². The normalized spacial score (nSPS) is 10.1. The summed E-state index contributed by atoms with van der Waals surface area (Å²) in [6, 6.07) is 2.82. The van der Waals surface area contributed by atoms with E-state index in [-0.39, 0.29) is 23.1 Å². The van der Waals surface area contributed by atoms with E-state index in [4.69, 9.17) is 4.74 Å². The number of pyridine rings is 1. The Labute approximate surface area is 101 Å². The number of carbonyl (C=O) groups excluding carboxylic acids is 1. The van der Waals surface area contributed by atoms with Gasteiger partial charge in [-0.05, 0) is 13.0 Å². The maximum absolute atomic E-state index is 11.7. The van der Waals surface area contributed by atoms with Gasteiger partial charge in [0.05, 0.1) is 6.61 Å². The van der Waals surface area contributed by atoms with Crippen molar-refractivity contribution >= 4 is 11.9 Å². The molecule has 0 fully saturated rings. The van der Waals surface area contributed by atoms with Gasteiger partial charge in [-0.3, -0.25) is 14.9 Å². The van der Waals surface area contributed by atoms with E-state index in [9.17, 15) is 9.59 Å². The Morgan fingerprint density at radius 3 is 3.11 bits per heavy atom. The number of carbonyl (C=O) groups is 1. The summed E-state index contributed by atoms with van der Waals surface area (Å²) in [5.74, 6) is -0.302. The highest BCUT2D eigenvalue weighted by Crippen LogP contribution is 2.06. The molecule has 8 nitrogen and oxygen atoms in total. The first-order valence-electron chi connectivity index (χ1n) is 5.24. The molecule has 0 aromatic carbocycles. The van der Waals surface area contributed by atoms with Gasteiger partial charge in [0, 0.05) is 17.8 Å². The molecule has 2 rings (SSSR count). The van der Waals surface area contributed by atoms with Crippen LogP contribution in [0.3, 0.4) is 0 Å². The molecule has 2 aromatic heterocycles. The average molecular weight is 249 g/mol. The van der Waals surface area contributed by atoms with Crippen molar-refractivity contribution in [2.24, 2.45) is 0 Å². The number of H-pyrrole nitrogens is 2. The van der Waals surface area contributed by atoms with Crippen LogP contribution in [-0.2, 0) is 0 Å². The maximum Gasteiger partial charge on any atom is 0.337 e. The van der Waals surface area contributed by atoms with Crippen LogP contribution in [0.4, 0.5) is 5.95 Å². The largest absolute Gasteiger partial charge is 0.463 e. The van der Waals surface area contributed by atoms with E-state index in [0.717, 1.165) is 0 Å². The Morgan fingerprint density at radius 2 is 2.39 bits per heavy atom. The highest BCUT2D eigenvalue weighted by Gasteiger charge is 2.10. The second-order valence-electron chi connectivity index (χ2n) is 3.30. The zero-order valence-electron chi connectivity index (χ0n) is 9.56. The average Bonchev–Trinajstić information content (AvgIpc) is 2.77. The van der Waals surface area contributed by atoms with E-state index in [1.54, 1.807) is 6.92 Å². The molecule has 2 heterocycles. The van der Waals surface area contributed by atoms with Crippen molar-refractivity contribution in [1.82, 2.24) is 20.2 Å². The molecule has 18 heavy (non-hydrogen) atoms. The third-order valence-corrected chi connectivity index (χ3v) is 2.01. The third kappa shape index (κ3) is 2.73. The SMILES string of the molecule is CCOc1n[nH]c(NC(=O)c2cc[nH]c(=O)c2)n1. The number of hydrogen-bond acceptors (Lipinski definition) is 5. The zero-order chi connectivity index (χ0) is 13.0. The molecule has 0 aliphatic carbocycles. The third-order valence-electron chi connectivity index (χ3n) is 2.01. The van der Waals surface area contributed by atoms with E-state index in [2.05, 4.69) is 25.5 Å². The van der Waals surface area contributed by atoms with Gasteiger partial charge in [0.25, 0.3) is 5.91 Å². The van der Waals surface area contributed by atoms with Gasteiger partial charge < -0.3 is 9.72 Å². The van der Waals surface area contributed by atoms with Crippen LogP contribution >= 0.6 is 0 Å². The Bertz CT molecular complexity index is 603. The molecule has 0 aliphatic rings. The van der Waals surface area contributed by atoms with Gasteiger partial charge in [0.1, 0.15) is 0 Å². The van der Waals surface area contributed by atoms with Crippen molar-refractivity contribution in [3.63, 3.8) is 0 Å². The van der Waals surface area contributed by atoms with Crippen molar-refractivity contribution in [3.05, 3.63) is 34.2 Å². The fourth-order valence-corrected chi connectivity index (χ4v) is 1.26. The first-order valence-corrected chi connectivity index (χ1v) is 5.24. The molecule has 0 spiro atoms. The van der Waals surface area contributed by atoms with Crippen LogP contribution < -0.4 is 15.6 Å². The standard InChI is InChI=1S/C10H11N5O3/c1-2-18-10-13-9(14-15-10)12-8(17)6-3-4-11-7(16)5-6/h3-5H,2H2,1H3,(H,11,16)(H2,12,13,14,15,17). The van der Waals surface area contributed by atoms with Gasteiger partial charge >= 0.3 is 6.01 Å². The number of hydrogen-bond donors (Lipinski definition) is 3. The predicted octanol–water partition coefficient (Wildman–Crippen LogP) is 0.144. The second kappa shape index (κ2) is 5.13. The Morgan fingerprint density at radius 1 is 1.56 bits per heavy atom. The minimum Gasteiger partial charge on any atom is -0.463 e. The number of amides is 1.